The Balaban J connectivity index is 2.30. The maximum absolute atomic E-state index is 11.2. The minimum atomic E-state index is -1.04. The van der Waals surface area contributed by atoms with Gasteiger partial charge in [-0.25, -0.2) is 9.78 Å². The summed E-state index contributed by atoms with van der Waals surface area (Å²) in [5, 5.41) is 12.3. The Morgan fingerprint density at radius 1 is 1.59 bits per heavy atom. The van der Waals surface area contributed by atoms with Crippen molar-refractivity contribution in [1.29, 1.82) is 0 Å². The van der Waals surface area contributed by atoms with E-state index >= 15 is 0 Å². The molecular formula is C11H12N4O2. The number of nitrogens with zero attached hydrogens (tertiary/aromatic N) is 2. The predicted octanol–water partition coefficient (Wildman–Crippen LogP) is 0.302. The van der Waals surface area contributed by atoms with Gasteiger partial charge in [0.15, 0.2) is 5.69 Å². The lowest BCUT2D eigenvalue weighted by atomic mass is 10.0. The van der Waals surface area contributed by atoms with Gasteiger partial charge >= 0.3 is 5.97 Å². The maximum Gasteiger partial charge on any atom is 0.356 e. The van der Waals surface area contributed by atoms with Crippen LogP contribution in [0.15, 0.2) is 18.3 Å². The molecule has 1 aliphatic heterocycles. The summed E-state index contributed by atoms with van der Waals surface area (Å²) in [6.07, 6.45) is 1.80. The zero-order valence-electron chi connectivity index (χ0n) is 9.05. The molecule has 0 saturated carbocycles. The summed E-state index contributed by atoms with van der Waals surface area (Å²) in [5.41, 5.74) is 6.79. The van der Waals surface area contributed by atoms with Crippen LogP contribution in [0.25, 0.3) is 5.52 Å². The number of aromatic nitrogens is 2. The van der Waals surface area contributed by atoms with Crippen LogP contribution in [-0.4, -0.2) is 33.6 Å². The highest BCUT2D eigenvalue weighted by Crippen LogP contribution is 2.26. The lowest BCUT2D eigenvalue weighted by molar-refractivity contribution is 0.0693. The molecule has 0 amide bonds. The van der Waals surface area contributed by atoms with Crippen LogP contribution in [0.2, 0.25) is 0 Å². The molecule has 0 aromatic carbocycles. The summed E-state index contributed by atoms with van der Waals surface area (Å²) < 4.78 is 1.78. The van der Waals surface area contributed by atoms with E-state index in [2.05, 4.69) is 10.3 Å². The average Bonchev–Trinajstić information content (AvgIpc) is 2.57. The van der Waals surface area contributed by atoms with Gasteiger partial charge in [0.2, 0.25) is 0 Å². The Bertz CT molecular complexity index is 601. The summed E-state index contributed by atoms with van der Waals surface area (Å²) >= 11 is 0. The predicted molar refractivity (Wildman–Crippen MR) is 62.2 cm³/mol. The van der Waals surface area contributed by atoms with E-state index in [1.54, 1.807) is 22.7 Å². The molecule has 1 saturated heterocycles. The third kappa shape index (κ3) is 1.38. The molecule has 17 heavy (non-hydrogen) atoms. The fourth-order valence-electron chi connectivity index (χ4n) is 2.10. The number of nitrogen functional groups attached to an aromatic ring is 1. The summed E-state index contributed by atoms with van der Waals surface area (Å²) in [6.45, 7) is 1.65. The highest BCUT2D eigenvalue weighted by molar-refractivity contribution is 5.97. The highest BCUT2D eigenvalue weighted by atomic mass is 16.4. The van der Waals surface area contributed by atoms with Crippen LogP contribution in [0.1, 0.15) is 22.2 Å². The molecule has 0 aliphatic carbocycles. The maximum atomic E-state index is 11.2. The second-order valence-corrected chi connectivity index (χ2v) is 4.16. The second kappa shape index (κ2) is 3.46. The van der Waals surface area contributed by atoms with Crippen LogP contribution in [0, 0.1) is 0 Å². The fourth-order valence-corrected chi connectivity index (χ4v) is 2.10. The minimum Gasteiger partial charge on any atom is -0.476 e. The SMILES string of the molecule is Nc1cccn2c(C3CNC3)nc(C(=O)O)c12. The number of pyridine rings is 1. The molecule has 3 heterocycles. The molecule has 1 fully saturated rings. The van der Waals surface area contributed by atoms with Gasteiger partial charge in [-0.05, 0) is 12.1 Å². The van der Waals surface area contributed by atoms with Crippen LogP contribution < -0.4 is 11.1 Å². The van der Waals surface area contributed by atoms with Crippen LogP contribution >= 0.6 is 0 Å². The van der Waals surface area contributed by atoms with Crippen LogP contribution in [-0.2, 0) is 0 Å². The first kappa shape index (κ1) is 10.1. The molecule has 4 N–H and O–H groups in total. The van der Waals surface area contributed by atoms with Crippen molar-refractivity contribution in [2.75, 3.05) is 18.8 Å². The lowest BCUT2D eigenvalue weighted by Crippen LogP contribution is -2.40. The van der Waals surface area contributed by atoms with Gasteiger partial charge in [0.05, 0.1) is 5.69 Å². The smallest absolute Gasteiger partial charge is 0.356 e. The summed E-state index contributed by atoms with van der Waals surface area (Å²) in [7, 11) is 0. The third-order valence-corrected chi connectivity index (χ3v) is 3.07. The van der Waals surface area contributed by atoms with Crippen molar-refractivity contribution in [3.63, 3.8) is 0 Å². The lowest BCUT2D eigenvalue weighted by Gasteiger charge is -2.25. The topological polar surface area (TPSA) is 92.7 Å². The zero-order valence-corrected chi connectivity index (χ0v) is 9.05. The van der Waals surface area contributed by atoms with Gasteiger partial charge in [-0.2, -0.15) is 0 Å². The molecule has 0 radical (unpaired) electrons. The Hall–Kier alpha value is -2.08. The number of nitrogens with one attached hydrogen (secondary N) is 1. The van der Waals surface area contributed by atoms with Crippen molar-refractivity contribution in [2.45, 2.75) is 5.92 Å². The molecule has 3 rings (SSSR count). The molecule has 2 aromatic rings. The Labute approximate surface area is 97.1 Å². The molecule has 0 bridgehead atoms. The fraction of sp³-hybridized carbons (Fsp3) is 0.273. The van der Waals surface area contributed by atoms with E-state index in [9.17, 15) is 4.79 Å². The number of imidazole rings is 1. The van der Waals surface area contributed by atoms with Crippen molar-refractivity contribution in [3.8, 4) is 0 Å². The van der Waals surface area contributed by atoms with E-state index in [1.807, 2.05) is 0 Å². The highest BCUT2D eigenvalue weighted by Gasteiger charge is 2.27. The first-order valence-corrected chi connectivity index (χ1v) is 5.39. The largest absolute Gasteiger partial charge is 0.476 e. The summed E-state index contributed by atoms with van der Waals surface area (Å²) in [5.74, 6) is -0.0141. The number of anilines is 1. The van der Waals surface area contributed by atoms with Crippen molar-refractivity contribution in [3.05, 3.63) is 29.8 Å². The van der Waals surface area contributed by atoms with Crippen LogP contribution in [0.4, 0.5) is 5.69 Å². The summed E-state index contributed by atoms with van der Waals surface area (Å²) in [4.78, 5) is 15.4. The van der Waals surface area contributed by atoms with Gasteiger partial charge in [0.1, 0.15) is 11.3 Å². The Morgan fingerprint density at radius 2 is 2.35 bits per heavy atom. The molecule has 1 aliphatic rings. The zero-order chi connectivity index (χ0) is 12.0. The first-order chi connectivity index (χ1) is 8.18. The molecule has 6 heteroatoms. The quantitative estimate of drug-likeness (QED) is 0.692. The van der Waals surface area contributed by atoms with Gasteiger partial charge < -0.3 is 20.6 Å². The number of rotatable bonds is 2. The molecule has 0 atom stereocenters. The summed E-state index contributed by atoms with van der Waals surface area (Å²) in [6, 6.07) is 3.48. The molecule has 0 spiro atoms. The van der Waals surface area contributed by atoms with Crippen LogP contribution in [0.5, 0.6) is 0 Å². The number of fused-ring (bicyclic) bond motifs is 1. The minimum absolute atomic E-state index is 0.0324. The van der Waals surface area contributed by atoms with E-state index in [0.717, 1.165) is 18.9 Å². The molecular weight excluding hydrogens is 220 g/mol. The van der Waals surface area contributed by atoms with Gasteiger partial charge in [-0.15, -0.1) is 0 Å². The van der Waals surface area contributed by atoms with Gasteiger partial charge in [0, 0.05) is 25.2 Å². The van der Waals surface area contributed by atoms with Gasteiger partial charge in [-0.1, -0.05) is 0 Å². The average molecular weight is 232 g/mol. The molecule has 2 aromatic heterocycles. The molecule has 0 unspecified atom stereocenters. The van der Waals surface area contributed by atoms with E-state index in [4.69, 9.17) is 10.8 Å². The van der Waals surface area contributed by atoms with Crippen molar-refractivity contribution in [2.24, 2.45) is 0 Å². The van der Waals surface area contributed by atoms with Crippen molar-refractivity contribution in [1.82, 2.24) is 14.7 Å². The first-order valence-electron chi connectivity index (χ1n) is 5.39. The number of aromatic carboxylic acids is 1. The van der Waals surface area contributed by atoms with Gasteiger partial charge in [0.25, 0.3) is 0 Å². The van der Waals surface area contributed by atoms with E-state index < -0.39 is 5.97 Å². The van der Waals surface area contributed by atoms with E-state index in [0.29, 0.717) is 11.2 Å². The van der Waals surface area contributed by atoms with Gasteiger partial charge in [-0.3, -0.25) is 0 Å². The number of carbonyl (C=O) groups is 1. The Morgan fingerprint density at radius 3 is 2.94 bits per heavy atom. The van der Waals surface area contributed by atoms with Crippen molar-refractivity contribution < 1.29 is 9.90 Å². The number of carboxylic acid groups (broad SMARTS) is 1. The van der Waals surface area contributed by atoms with Crippen LogP contribution in [0.3, 0.4) is 0 Å². The monoisotopic (exact) mass is 232 g/mol. The van der Waals surface area contributed by atoms with Crippen molar-refractivity contribution >= 4 is 17.2 Å². The standard InChI is InChI=1S/C11H12N4O2/c12-7-2-1-3-15-9(7)8(11(16)17)14-10(15)6-4-13-5-6/h1-3,6,13H,4-5,12H2,(H,16,17). The number of hydrogen-bond donors (Lipinski definition) is 3. The van der Waals surface area contributed by atoms with E-state index in [1.165, 1.54) is 0 Å². The third-order valence-electron chi connectivity index (χ3n) is 3.07. The Kier molecular flexibility index (Phi) is 2.05. The number of nitrogens with two attached hydrogens (primary N) is 1. The van der Waals surface area contributed by atoms with E-state index in [-0.39, 0.29) is 11.6 Å². The number of carboxylic acids is 1. The molecule has 88 valence electrons. The second-order valence-electron chi connectivity index (χ2n) is 4.16. The molecule has 6 nitrogen and oxygen atoms in total. The normalized spacial score (nSPS) is 16.0. The number of hydrogen-bond acceptors (Lipinski definition) is 4.